The number of rotatable bonds is 3. The van der Waals surface area contributed by atoms with Crippen LogP contribution in [0, 0.1) is 5.92 Å². The van der Waals surface area contributed by atoms with E-state index in [4.69, 9.17) is 0 Å². The van der Waals surface area contributed by atoms with Gasteiger partial charge in [0.1, 0.15) is 0 Å². The van der Waals surface area contributed by atoms with E-state index in [2.05, 4.69) is 17.6 Å². The molecule has 18 heavy (non-hydrogen) atoms. The molecule has 0 aromatic rings. The van der Waals surface area contributed by atoms with Gasteiger partial charge in [-0.1, -0.05) is 0 Å². The number of amides is 2. The molecule has 0 spiro atoms. The lowest BCUT2D eigenvalue weighted by molar-refractivity contribution is -0.133. The van der Waals surface area contributed by atoms with Crippen LogP contribution in [0.4, 0.5) is 0 Å². The first-order valence-corrected chi connectivity index (χ1v) is 6.95. The summed E-state index contributed by atoms with van der Waals surface area (Å²) < 4.78 is 0. The molecule has 5 heteroatoms. The average molecular weight is 253 g/mol. The van der Waals surface area contributed by atoms with Crippen molar-refractivity contribution >= 4 is 11.8 Å². The van der Waals surface area contributed by atoms with Gasteiger partial charge in [-0.15, -0.1) is 0 Å². The average Bonchev–Trinajstić information content (AvgIpc) is 2.89. The molecule has 2 saturated heterocycles. The highest BCUT2D eigenvalue weighted by Gasteiger charge is 2.25. The summed E-state index contributed by atoms with van der Waals surface area (Å²) in [5.41, 5.74) is 0. The molecular weight excluding hydrogens is 230 g/mol. The van der Waals surface area contributed by atoms with Crippen molar-refractivity contribution in [2.45, 2.75) is 38.6 Å². The van der Waals surface area contributed by atoms with Gasteiger partial charge in [0.25, 0.3) is 0 Å². The van der Waals surface area contributed by atoms with Crippen LogP contribution in [0.1, 0.15) is 32.6 Å². The molecule has 2 amide bonds. The zero-order chi connectivity index (χ0) is 13.0. The minimum atomic E-state index is 0.0379. The lowest BCUT2D eigenvalue weighted by Gasteiger charge is -2.27. The normalized spacial score (nSPS) is 28.2. The molecule has 2 unspecified atom stereocenters. The summed E-state index contributed by atoms with van der Waals surface area (Å²) in [5, 5.41) is 6.11. The fourth-order valence-corrected chi connectivity index (χ4v) is 2.76. The lowest BCUT2D eigenvalue weighted by atomic mass is 9.92. The van der Waals surface area contributed by atoms with E-state index in [-0.39, 0.29) is 24.3 Å². The van der Waals surface area contributed by atoms with Gasteiger partial charge in [-0.3, -0.25) is 9.59 Å². The molecule has 0 radical (unpaired) electrons. The number of carbonyl (C=O) groups is 2. The number of hydrogen-bond donors (Lipinski definition) is 2. The Morgan fingerprint density at radius 3 is 2.72 bits per heavy atom. The summed E-state index contributed by atoms with van der Waals surface area (Å²) in [7, 11) is 0. The molecule has 2 rings (SSSR count). The molecule has 2 N–H and O–H groups in total. The van der Waals surface area contributed by atoms with Crippen LogP contribution in [-0.4, -0.2) is 48.9 Å². The van der Waals surface area contributed by atoms with Crippen LogP contribution in [0.15, 0.2) is 0 Å². The van der Waals surface area contributed by atoms with Crippen molar-refractivity contribution in [3.63, 3.8) is 0 Å². The van der Waals surface area contributed by atoms with Gasteiger partial charge in [-0.25, -0.2) is 0 Å². The standard InChI is InChI=1S/C13H23N3O2/c1-10-8-11(4-5-14-10)13(18)15-9-12(17)16-6-2-3-7-16/h10-11,14H,2-9H2,1H3,(H,15,18). The minimum absolute atomic E-state index is 0.0379. The zero-order valence-corrected chi connectivity index (χ0v) is 11.1. The van der Waals surface area contributed by atoms with Crippen molar-refractivity contribution in [1.29, 1.82) is 0 Å². The van der Waals surface area contributed by atoms with Crippen LogP contribution in [0.25, 0.3) is 0 Å². The number of nitrogens with zero attached hydrogens (tertiary/aromatic N) is 1. The molecule has 0 saturated carbocycles. The number of nitrogens with one attached hydrogen (secondary N) is 2. The van der Waals surface area contributed by atoms with Crippen LogP contribution in [0.5, 0.6) is 0 Å². The number of likely N-dealkylation sites (tertiary alicyclic amines) is 1. The molecule has 0 aromatic carbocycles. The summed E-state index contributed by atoms with van der Waals surface area (Å²) in [6, 6.07) is 0.392. The Balaban J connectivity index is 1.72. The van der Waals surface area contributed by atoms with Crippen LogP contribution in [-0.2, 0) is 9.59 Å². The van der Waals surface area contributed by atoms with E-state index in [1.165, 1.54) is 0 Å². The molecule has 2 heterocycles. The third-order valence-electron chi connectivity index (χ3n) is 3.87. The smallest absolute Gasteiger partial charge is 0.241 e. The Morgan fingerprint density at radius 2 is 2.06 bits per heavy atom. The Bertz CT molecular complexity index is 313. The molecule has 0 aliphatic carbocycles. The van der Waals surface area contributed by atoms with Gasteiger partial charge in [-0.05, 0) is 39.2 Å². The Morgan fingerprint density at radius 1 is 1.33 bits per heavy atom. The predicted molar refractivity (Wildman–Crippen MR) is 69.0 cm³/mol. The third-order valence-corrected chi connectivity index (χ3v) is 3.87. The van der Waals surface area contributed by atoms with Gasteiger partial charge < -0.3 is 15.5 Å². The van der Waals surface area contributed by atoms with Crippen molar-refractivity contribution in [3.05, 3.63) is 0 Å². The monoisotopic (exact) mass is 253 g/mol. The van der Waals surface area contributed by atoms with Gasteiger partial charge in [0, 0.05) is 25.0 Å². The van der Waals surface area contributed by atoms with Crippen molar-refractivity contribution in [2.75, 3.05) is 26.2 Å². The van der Waals surface area contributed by atoms with Gasteiger partial charge in [0.15, 0.2) is 0 Å². The summed E-state index contributed by atoms with van der Waals surface area (Å²) in [5.74, 6) is 0.159. The number of hydrogen-bond acceptors (Lipinski definition) is 3. The van der Waals surface area contributed by atoms with Gasteiger partial charge in [0.2, 0.25) is 11.8 Å². The second-order valence-corrected chi connectivity index (χ2v) is 5.38. The molecular formula is C13H23N3O2. The molecule has 5 nitrogen and oxygen atoms in total. The highest BCUT2D eigenvalue weighted by atomic mass is 16.2. The van der Waals surface area contributed by atoms with E-state index in [1.807, 2.05) is 4.90 Å². The molecule has 2 aliphatic heterocycles. The highest BCUT2D eigenvalue weighted by Crippen LogP contribution is 2.16. The number of carbonyl (C=O) groups excluding carboxylic acids is 2. The molecule has 2 atom stereocenters. The largest absolute Gasteiger partial charge is 0.347 e. The SMILES string of the molecule is CC1CC(C(=O)NCC(=O)N2CCCC2)CCN1. The number of piperidine rings is 1. The topological polar surface area (TPSA) is 61.4 Å². The van der Waals surface area contributed by atoms with Gasteiger partial charge in [0.05, 0.1) is 6.54 Å². The Kier molecular flexibility index (Phi) is 4.58. The maximum atomic E-state index is 12.0. The minimum Gasteiger partial charge on any atom is -0.347 e. The molecule has 2 fully saturated rings. The van der Waals surface area contributed by atoms with E-state index >= 15 is 0 Å². The fourth-order valence-electron chi connectivity index (χ4n) is 2.76. The van der Waals surface area contributed by atoms with Crippen molar-refractivity contribution in [1.82, 2.24) is 15.5 Å². The maximum absolute atomic E-state index is 12.0. The maximum Gasteiger partial charge on any atom is 0.241 e. The van der Waals surface area contributed by atoms with Crippen molar-refractivity contribution in [3.8, 4) is 0 Å². The fraction of sp³-hybridized carbons (Fsp3) is 0.846. The third kappa shape index (κ3) is 3.45. The van der Waals surface area contributed by atoms with Gasteiger partial charge in [-0.2, -0.15) is 0 Å². The molecule has 0 aromatic heterocycles. The first-order valence-electron chi connectivity index (χ1n) is 6.95. The second kappa shape index (κ2) is 6.18. The van der Waals surface area contributed by atoms with E-state index in [9.17, 15) is 9.59 Å². The lowest BCUT2D eigenvalue weighted by Crippen LogP contribution is -2.45. The van der Waals surface area contributed by atoms with Crippen LogP contribution in [0.3, 0.4) is 0 Å². The van der Waals surface area contributed by atoms with Crippen LogP contribution >= 0.6 is 0 Å². The van der Waals surface area contributed by atoms with Crippen LogP contribution < -0.4 is 10.6 Å². The summed E-state index contributed by atoms with van der Waals surface area (Å²) in [6.07, 6.45) is 3.91. The summed E-state index contributed by atoms with van der Waals surface area (Å²) in [4.78, 5) is 25.6. The zero-order valence-electron chi connectivity index (χ0n) is 11.1. The van der Waals surface area contributed by atoms with Gasteiger partial charge >= 0.3 is 0 Å². The van der Waals surface area contributed by atoms with Crippen LogP contribution in [0.2, 0.25) is 0 Å². The van der Waals surface area contributed by atoms with E-state index in [0.29, 0.717) is 6.04 Å². The quantitative estimate of drug-likeness (QED) is 0.750. The van der Waals surface area contributed by atoms with Crippen molar-refractivity contribution < 1.29 is 9.59 Å². The summed E-state index contributed by atoms with van der Waals surface area (Å²) >= 11 is 0. The molecule has 2 aliphatic rings. The Hall–Kier alpha value is -1.10. The summed E-state index contributed by atoms with van der Waals surface area (Å²) in [6.45, 7) is 4.84. The van der Waals surface area contributed by atoms with E-state index < -0.39 is 0 Å². The van der Waals surface area contributed by atoms with E-state index in [1.54, 1.807) is 0 Å². The molecule has 0 bridgehead atoms. The highest BCUT2D eigenvalue weighted by molar-refractivity contribution is 5.86. The molecule has 102 valence electrons. The van der Waals surface area contributed by atoms with E-state index in [0.717, 1.165) is 45.3 Å². The first-order chi connectivity index (χ1) is 8.66. The Labute approximate surface area is 108 Å². The van der Waals surface area contributed by atoms with Crippen molar-refractivity contribution in [2.24, 2.45) is 5.92 Å². The first kappa shape index (κ1) is 13.3. The predicted octanol–water partition coefficient (Wildman–Crippen LogP) is 0.113. The second-order valence-electron chi connectivity index (χ2n) is 5.38.